The molecule has 0 aliphatic carbocycles. The molecule has 0 saturated carbocycles. The number of carbonyl (C=O) groups is 1. The number of nitrogens with zero attached hydrogens (tertiary/aromatic N) is 1. The molecule has 9 heteroatoms. The fraction of sp³-hybridized carbons (Fsp3) is 0.158. The molecule has 3 aromatic rings. The third-order valence-corrected chi connectivity index (χ3v) is 5.49. The van der Waals surface area contributed by atoms with Gasteiger partial charge in [-0.25, -0.2) is 8.42 Å². The second-order valence-electron chi connectivity index (χ2n) is 6.13. The van der Waals surface area contributed by atoms with E-state index in [0.717, 1.165) is 5.56 Å². The Labute approximate surface area is 167 Å². The lowest BCUT2D eigenvalue weighted by Gasteiger charge is -2.08. The van der Waals surface area contributed by atoms with Gasteiger partial charge in [0.05, 0.1) is 4.90 Å². The predicted molar refractivity (Wildman–Crippen MR) is 107 cm³/mol. The Bertz CT molecular complexity index is 1060. The maximum Gasteiger partial charge on any atom is 0.263 e. The van der Waals surface area contributed by atoms with Crippen molar-refractivity contribution in [2.45, 2.75) is 24.7 Å². The molecule has 2 N–H and O–H groups in total. The van der Waals surface area contributed by atoms with E-state index in [2.05, 4.69) is 15.2 Å². The second kappa shape index (κ2) is 8.45. The van der Waals surface area contributed by atoms with Gasteiger partial charge in [0.1, 0.15) is 5.76 Å². The lowest BCUT2D eigenvalue weighted by Crippen LogP contribution is -2.14. The molecular weight excluding hydrogens is 402 g/mol. The summed E-state index contributed by atoms with van der Waals surface area (Å²) < 4.78 is 31.8. The van der Waals surface area contributed by atoms with E-state index >= 15 is 0 Å². The normalized spacial score (nSPS) is 11.2. The van der Waals surface area contributed by atoms with Gasteiger partial charge in [0.25, 0.3) is 10.0 Å². The van der Waals surface area contributed by atoms with Crippen LogP contribution in [0.25, 0.3) is 0 Å². The Morgan fingerprint density at radius 3 is 2.39 bits per heavy atom. The molecule has 3 rings (SSSR count). The van der Waals surface area contributed by atoms with Gasteiger partial charge >= 0.3 is 0 Å². The van der Waals surface area contributed by atoms with Gasteiger partial charge in [-0.3, -0.25) is 9.52 Å². The number of rotatable bonds is 7. The predicted octanol–water partition coefficient (Wildman–Crippen LogP) is 4.01. The maximum atomic E-state index is 12.3. The third-order valence-electron chi connectivity index (χ3n) is 3.87. The Morgan fingerprint density at radius 2 is 1.79 bits per heavy atom. The van der Waals surface area contributed by atoms with Crippen LogP contribution < -0.4 is 10.0 Å². The van der Waals surface area contributed by atoms with Gasteiger partial charge in [0.2, 0.25) is 5.91 Å². The molecule has 1 heterocycles. The number of hydrogen-bond acceptors (Lipinski definition) is 5. The summed E-state index contributed by atoms with van der Waals surface area (Å²) in [5.74, 6) is 0.438. The molecule has 0 aliphatic heterocycles. The fourth-order valence-corrected chi connectivity index (χ4v) is 3.57. The van der Waals surface area contributed by atoms with Crippen LogP contribution in [-0.2, 0) is 21.2 Å². The SMILES string of the molecule is Cc1cc(NS(=O)(=O)c2ccc(NC(=O)CCc3ccc(Cl)cc3)cc2)no1. The highest BCUT2D eigenvalue weighted by molar-refractivity contribution is 7.92. The van der Waals surface area contributed by atoms with Crippen LogP contribution in [0.1, 0.15) is 17.7 Å². The van der Waals surface area contributed by atoms with Crippen molar-refractivity contribution in [3.63, 3.8) is 0 Å². The molecule has 2 aromatic carbocycles. The number of nitrogens with one attached hydrogen (secondary N) is 2. The molecule has 0 aliphatic rings. The van der Waals surface area contributed by atoms with Gasteiger partial charge in [0, 0.05) is 23.2 Å². The molecule has 1 amide bonds. The highest BCUT2D eigenvalue weighted by Gasteiger charge is 2.16. The standard InChI is InChI=1S/C19H18ClN3O4S/c1-13-12-18(22-27-13)23-28(25,26)17-9-7-16(8-10-17)21-19(24)11-4-14-2-5-15(20)6-3-14/h2-3,5-10,12H,4,11H2,1H3,(H,21,24)(H,22,23). The monoisotopic (exact) mass is 419 g/mol. The molecule has 0 fully saturated rings. The van der Waals surface area contributed by atoms with E-state index in [0.29, 0.717) is 29.3 Å². The van der Waals surface area contributed by atoms with Gasteiger partial charge in [-0.05, 0) is 55.3 Å². The largest absolute Gasteiger partial charge is 0.360 e. The number of hydrogen-bond donors (Lipinski definition) is 2. The zero-order valence-electron chi connectivity index (χ0n) is 15.0. The minimum atomic E-state index is -3.79. The molecule has 7 nitrogen and oxygen atoms in total. The molecule has 28 heavy (non-hydrogen) atoms. The highest BCUT2D eigenvalue weighted by atomic mass is 35.5. The van der Waals surface area contributed by atoms with Crippen LogP contribution in [0.15, 0.2) is 64.0 Å². The molecule has 0 saturated heterocycles. The average molecular weight is 420 g/mol. The minimum absolute atomic E-state index is 0.0484. The molecular formula is C19H18ClN3O4S. The minimum Gasteiger partial charge on any atom is -0.360 e. The summed E-state index contributed by atoms with van der Waals surface area (Å²) in [5.41, 5.74) is 1.52. The summed E-state index contributed by atoms with van der Waals surface area (Å²) in [6.07, 6.45) is 0.880. The van der Waals surface area contributed by atoms with Crippen molar-refractivity contribution in [1.29, 1.82) is 0 Å². The van der Waals surface area contributed by atoms with E-state index in [1.807, 2.05) is 12.1 Å². The topological polar surface area (TPSA) is 101 Å². The number of carbonyl (C=O) groups excluding carboxylic acids is 1. The fourth-order valence-electron chi connectivity index (χ4n) is 2.46. The van der Waals surface area contributed by atoms with Crippen molar-refractivity contribution >= 4 is 39.0 Å². The van der Waals surface area contributed by atoms with Gasteiger partial charge in [0.15, 0.2) is 5.82 Å². The maximum absolute atomic E-state index is 12.3. The first kappa shape index (κ1) is 19.9. The van der Waals surface area contributed by atoms with E-state index in [9.17, 15) is 13.2 Å². The van der Waals surface area contributed by atoms with Crippen molar-refractivity contribution in [1.82, 2.24) is 5.16 Å². The number of halogens is 1. The van der Waals surface area contributed by atoms with Crippen molar-refractivity contribution in [3.8, 4) is 0 Å². The summed E-state index contributed by atoms with van der Waals surface area (Å²) in [6.45, 7) is 1.66. The third kappa shape index (κ3) is 5.34. The number of amides is 1. The summed E-state index contributed by atoms with van der Waals surface area (Å²) in [4.78, 5) is 12.1. The Hall–Kier alpha value is -2.84. The summed E-state index contributed by atoms with van der Waals surface area (Å²) in [5, 5.41) is 7.00. The molecule has 0 spiro atoms. The van der Waals surface area contributed by atoms with Crippen molar-refractivity contribution in [2.75, 3.05) is 10.0 Å². The van der Waals surface area contributed by atoms with Gasteiger partial charge in [-0.1, -0.05) is 28.9 Å². The zero-order valence-corrected chi connectivity index (χ0v) is 16.5. The van der Waals surface area contributed by atoms with E-state index in [1.165, 1.54) is 30.3 Å². The van der Waals surface area contributed by atoms with Crippen molar-refractivity contribution < 1.29 is 17.7 Å². The molecule has 0 unspecified atom stereocenters. The van der Waals surface area contributed by atoms with Crippen LogP contribution in [0.4, 0.5) is 11.5 Å². The lowest BCUT2D eigenvalue weighted by atomic mass is 10.1. The van der Waals surface area contributed by atoms with E-state index in [1.54, 1.807) is 19.1 Å². The first-order valence-electron chi connectivity index (χ1n) is 8.42. The van der Waals surface area contributed by atoms with Crippen LogP contribution in [-0.4, -0.2) is 19.5 Å². The van der Waals surface area contributed by atoms with Crippen LogP contribution >= 0.6 is 11.6 Å². The zero-order chi connectivity index (χ0) is 20.1. The van der Waals surface area contributed by atoms with E-state index in [-0.39, 0.29) is 16.6 Å². The first-order valence-corrected chi connectivity index (χ1v) is 10.3. The number of benzene rings is 2. The van der Waals surface area contributed by atoms with Crippen LogP contribution in [0, 0.1) is 6.92 Å². The van der Waals surface area contributed by atoms with Crippen LogP contribution in [0.3, 0.4) is 0 Å². The van der Waals surface area contributed by atoms with Gasteiger partial charge < -0.3 is 9.84 Å². The number of sulfonamides is 1. The summed E-state index contributed by atoms with van der Waals surface area (Å²) >= 11 is 5.84. The van der Waals surface area contributed by atoms with Crippen LogP contribution in [0.5, 0.6) is 0 Å². The van der Waals surface area contributed by atoms with Crippen molar-refractivity contribution in [2.24, 2.45) is 0 Å². The smallest absolute Gasteiger partial charge is 0.263 e. The number of aromatic nitrogens is 1. The molecule has 0 bridgehead atoms. The summed E-state index contributed by atoms with van der Waals surface area (Å²) in [7, 11) is -3.79. The second-order valence-corrected chi connectivity index (χ2v) is 8.25. The Kier molecular flexibility index (Phi) is 6.01. The molecule has 146 valence electrons. The Balaban J connectivity index is 1.57. The summed E-state index contributed by atoms with van der Waals surface area (Å²) in [6, 6.07) is 14.7. The van der Waals surface area contributed by atoms with Gasteiger partial charge in [-0.15, -0.1) is 0 Å². The number of anilines is 2. The molecule has 0 radical (unpaired) electrons. The van der Waals surface area contributed by atoms with Gasteiger partial charge in [-0.2, -0.15) is 0 Å². The quantitative estimate of drug-likeness (QED) is 0.602. The van der Waals surface area contributed by atoms with E-state index in [4.69, 9.17) is 16.1 Å². The highest BCUT2D eigenvalue weighted by Crippen LogP contribution is 2.18. The molecule has 0 atom stereocenters. The van der Waals surface area contributed by atoms with Crippen molar-refractivity contribution in [3.05, 3.63) is 70.9 Å². The number of aryl methyl sites for hydroxylation is 2. The molecule has 1 aromatic heterocycles. The lowest BCUT2D eigenvalue weighted by molar-refractivity contribution is -0.116. The van der Waals surface area contributed by atoms with Crippen LogP contribution in [0.2, 0.25) is 5.02 Å². The first-order chi connectivity index (χ1) is 13.3. The van der Waals surface area contributed by atoms with E-state index < -0.39 is 10.0 Å². The Morgan fingerprint density at radius 1 is 1.11 bits per heavy atom. The average Bonchev–Trinajstić information content (AvgIpc) is 3.06.